The van der Waals surface area contributed by atoms with Crippen molar-refractivity contribution in [2.45, 2.75) is 13.0 Å². The monoisotopic (exact) mass is 219 g/mol. The molecule has 3 rings (SSSR count). The summed E-state index contributed by atoms with van der Waals surface area (Å²) in [5.74, 6) is 0.802. The second-order valence-electron chi connectivity index (χ2n) is 3.88. The Balaban J connectivity index is 2.01. The number of aromatic amines is 1. The molecule has 0 spiro atoms. The number of imidazole rings is 1. The largest absolute Gasteiger partial charge is 0.376 e. The summed E-state index contributed by atoms with van der Waals surface area (Å²) in [4.78, 5) is 11.9. The molecule has 1 atom stereocenters. The second kappa shape index (κ2) is 3.84. The van der Waals surface area contributed by atoms with Crippen molar-refractivity contribution in [3.63, 3.8) is 0 Å². The van der Waals surface area contributed by atoms with E-state index >= 15 is 0 Å². The Hall–Kier alpha value is -1.46. The molecule has 0 saturated carbocycles. The number of nitrogens with one attached hydrogen (secondary N) is 1. The van der Waals surface area contributed by atoms with Crippen molar-refractivity contribution in [1.82, 2.24) is 15.0 Å². The van der Waals surface area contributed by atoms with Crippen molar-refractivity contribution < 1.29 is 9.47 Å². The maximum Gasteiger partial charge on any atom is 0.178 e. The number of pyridine rings is 1. The minimum absolute atomic E-state index is 0.0950. The summed E-state index contributed by atoms with van der Waals surface area (Å²) < 4.78 is 10.9. The van der Waals surface area contributed by atoms with Crippen LogP contribution in [0, 0.1) is 6.92 Å². The highest BCUT2D eigenvalue weighted by molar-refractivity contribution is 5.74. The Kier molecular flexibility index (Phi) is 2.34. The van der Waals surface area contributed by atoms with E-state index in [0.29, 0.717) is 19.8 Å². The van der Waals surface area contributed by atoms with Crippen LogP contribution >= 0.6 is 0 Å². The first-order chi connectivity index (χ1) is 7.84. The van der Waals surface area contributed by atoms with E-state index in [0.717, 1.165) is 22.6 Å². The number of fused-ring (bicyclic) bond motifs is 1. The molecule has 5 nitrogen and oxygen atoms in total. The van der Waals surface area contributed by atoms with Gasteiger partial charge in [0, 0.05) is 6.20 Å². The zero-order valence-electron chi connectivity index (χ0n) is 9.06. The van der Waals surface area contributed by atoms with Gasteiger partial charge in [0.1, 0.15) is 11.9 Å². The number of H-pyrrole nitrogens is 1. The molecular formula is C11H13N3O2. The Morgan fingerprint density at radius 2 is 2.38 bits per heavy atom. The summed E-state index contributed by atoms with van der Waals surface area (Å²) in [5, 5.41) is 0. The van der Waals surface area contributed by atoms with Crippen molar-refractivity contribution >= 4 is 11.2 Å². The zero-order valence-corrected chi connectivity index (χ0v) is 9.06. The lowest BCUT2D eigenvalue weighted by Crippen LogP contribution is -2.22. The fourth-order valence-electron chi connectivity index (χ4n) is 1.85. The minimum Gasteiger partial charge on any atom is -0.376 e. The van der Waals surface area contributed by atoms with Gasteiger partial charge in [-0.1, -0.05) is 0 Å². The van der Waals surface area contributed by atoms with Gasteiger partial charge in [0.05, 0.1) is 25.3 Å². The van der Waals surface area contributed by atoms with Gasteiger partial charge in [-0.05, 0) is 18.6 Å². The zero-order chi connectivity index (χ0) is 11.0. The molecule has 16 heavy (non-hydrogen) atoms. The Morgan fingerprint density at radius 3 is 3.12 bits per heavy atom. The van der Waals surface area contributed by atoms with E-state index in [2.05, 4.69) is 15.0 Å². The van der Waals surface area contributed by atoms with Crippen molar-refractivity contribution in [1.29, 1.82) is 0 Å². The maximum absolute atomic E-state index is 5.59. The van der Waals surface area contributed by atoms with Crippen LogP contribution in [0.2, 0.25) is 0 Å². The van der Waals surface area contributed by atoms with Crippen LogP contribution in [0.15, 0.2) is 12.3 Å². The van der Waals surface area contributed by atoms with Crippen LogP contribution in [0.3, 0.4) is 0 Å². The summed E-state index contributed by atoms with van der Waals surface area (Å²) in [6, 6.07) is 1.96. The van der Waals surface area contributed by atoms with E-state index in [4.69, 9.17) is 9.47 Å². The summed E-state index contributed by atoms with van der Waals surface area (Å²) in [5.41, 5.74) is 2.86. The lowest BCUT2D eigenvalue weighted by atomic mass is 10.3. The molecule has 0 aliphatic carbocycles. The fourth-order valence-corrected chi connectivity index (χ4v) is 1.85. The smallest absolute Gasteiger partial charge is 0.178 e. The van der Waals surface area contributed by atoms with Gasteiger partial charge < -0.3 is 14.5 Å². The van der Waals surface area contributed by atoms with Crippen LogP contribution in [0.4, 0.5) is 0 Å². The third kappa shape index (κ3) is 1.58. The summed E-state index contributed by atoms with van der Waals surface area (Å²) in [6.07, 6.45) is 1.67. The molecule has 3 heterocycles. The number of nitrogens with zero attached hydrogens (tertiary/aromatic N) is 2. The number of hydrogen-bond donors (Lipinski definition) is 1. The van der Waals surface area contributed by atoms with E-state index in [1.807, 2.05) is 13.0 Å². The molecule has 5 heteroatoms. The number of rotatable bonds is 1. The van der Waals surface area contributed by atoms with Crippen molar-refractivity contribution in [3.8, 4) is 0 Å². The average Bonchev–Trinajstić information content (AvgIpc) is 2.76. The molecule has 0 bridgehead atoms. The molecule has 1 fully saturated rings. The molecule has 0 amide bonds. The highest BCUT2D eigenvalue weighted by Gasteiger charge is 2.20. The van der Waals surface area contributed by atoms with Crippen molar-refractivity contribution in [2.75, 3.05) is 19.8 Å². The Morgan fingerprint density at radius 1 is 1.44 bits per heavy atom. The van der Waals surface area contributed by atoms with E-state index in [9.17, 15) is 0 Å². The van der Waals surface area contributed by atoms with Gasteiger partial charge in [0.25, 0.3) is 0 Å². The molecule has 2 aromatic rings. The minimum atomic E-state index is -0.0950. The van der Waals surface area contributed by atoms with E-state index in [1.165, 1.54) is 0 Å². The quantitative estimate of drug-likeness (QED) is 0.786. The normalized spacial score (nSPS) is 21.4. The van der Waals surface area contributed by atoms with Gasteiger partial charge in [-0.3, -0.25) is 0 Å². The molecule has 1 N–H and O–H groups in total. The summed E-state index contributed by atoms with van der Waals surface area (Å²) >= 11 is 0. The maximum atomic E-state index is 5.59. The molecule has 1 aliphatic rings. The van der Waals surface area contributed by atoms with Crippen LogP contribution in [0.1, 0.15) is 17.5 Å². The Labute approximate surface area is 92.8 Å². The predicted octanol–water partition coefficient (Wildman–Crippen LogP) is 1.35. The summed E-state index contributed by atoms with van der Waals surface area (Å²) in [7, 11) is 0. The summed E-state index contributed by atoms with van der Waals surface area (Å²) in [6.45, 7) is 3.87. The van der Waals surface area contributed by atoms with Crippen molar-refractivity contribution in [2.24, 2.45) is 0 Å². The fraction of sp³-hybridized carbons (Fsp3) is 0.455. The van der Waals surface area contributed by atoms with E-state index < -0.39 is 0 Å². The molecule has 1 unspecified atom stereocenters. The van der Waals surface area contributed by atoms with Gasteiger partial charge in [-0.15, -0.1) is 0 Å². The highest BCUT2D eigenvalue weighted by Crippen LogP contribution is 2.21. The Bertz CT molecular complexity index is 503. The lowest BCUT2D eigenvalue weighted by molar-refractivity contribution is -0.0931. The van der Waals surface area contributed by atoms with E-state index in [-0.39, 0.29) is 6.10 Å². The highest BCUT2D eigenvalue weighted by atomic mass is 16.6. The number of aromatic nitrogens is 3. The molecular weight excluding hydrogens is 206 g/mol. The van der Waals surface area contributed by atoms with Gasteiger partial charge in [-0.2, -0.15) is 0 Å². The molecule has 2 aromatic heterocycles. The first kappa shape index (κ1) is 9.74. The van der Waals surface area contributed by atoms with Crippen LogP contribution in [-0.4, -0.2) is 34.8 Å². The molecule has 84 valence electrons. The van der Waals surface area contributed by atoms with Crippen molar-refractivity contribution in [3.05, 3.63) is 23.7 Å². The third-order valence-electron chi connectivity index (χ3n) is 2.74. The van der Waals surface area contributed by atoms with Gasteiger partial charge >= 0.3 is 0 Å². The van der Waals surface area contributed by atoms with Gasteiger partial charge in [0.15, 0.2) is 5.65 Å². The molecule has 1 aliphatic heterocycles. The van der Waals surface area contributed by atoms with Gasteiger partial charge in [0.2, 0.25) is 0 Å². The van der Waals surface area contributed by atoms with Crippen LogP contribution in [0.5, 0.6) is 0 Å². The molecule has 1 saturated heterocycles. The second-order valence-corrected chi connectivity index (χ2v) is 3.88. The first-order valence-corrected chi connectivity index (χ1v) is 5.35. The first-order valence-electron chi connectivity index (χ1n) is 5.35. The SMILES string of the molecule is Cc1ccnc2nc(C3COCCO3)[nH]c12. The van der Waals surface area contributed by atoms with Gasteiger partial charge in [-0.25, -0.2) is 9.97 Å². The molecule has 0 radical (unpaired) electrons. The number of ether oxygens (including phenoxy) is 2. The van der Waals surface area contributed by atoms with E-state index in [1.54, 1.807) is 6.20 Å². The molecule has 0 aromatic carbocycles. The third-order valence-corrected chi connectivity index (χ3v) is 2.74. The number of hydrogen-bond acceptors (Lipinski definition) is 4. The average molecular weight is 219 g/mol. The van der Waals surface area contributed by atoms with Crippen LogP contribution < -0.4 is 0 Å². The lowest BCUT2D eigenvalue weighted by Gasteiger charge is -2.20. The standard InChI is InChI=1S/C11H13N3O2/c1-7-2-3-12-11-9(7)13-10(14-11)8-6-15-4-5-16-8/h2-3,8H,4-6H2,1H3,(H,12,13,14). The predicted molar refractivity (Wildman–Crippen MR) is 58.1 cm³/mol. The topological polar surface area (TPSA) is 60.0 Å². The number of aryl methyl sites for hydroxylation is 1. The van der Waals surface area contributed by atoms with Crippen LogP contribution in [0.25, 0.3) is 11.2 Å². The van der Waals surface area contributed by atoms with Crippen LogP contribution in [-0.2, 0) is 9.47 Å².